The zero-order valence-electron chi connectivity index (χ0n) is 8.02. The Morgan fingerprint density at radius 3 is 2.25 bits per heavy atom. The maximum atomic E-state index is 11.4. The molecule has 0 amide bonds. The van der Waals surface area contributed by atoms with Gasteiger partial charge in [-0.2, -0.15) is 0 Å². The molecule has 1 atom stereocenters. The van der Waals surface area contributed by atoms with Gasteiger partial charge < -0.3 is 0 Å². The lowest BCUT2D eigenvalue weighted by atomic mass is 9.71. The predicted molar refractivity (Wildman–Crippen MR) is 46.8 cm³/mol. The van der Waals surface area contributed by atoms with Gasteiger partial charge in [0.15, 0.2) is 0 Å². The van der Waals surface area contributed by atoms with Crippen LogP contribution in [0.15, 0.2) is 0 Å². The summed E-state index contributed by atoms with van der Waals surface area (Å²) in [5.41, 5.74) is 0.0256. The van der Waals surface area contributed by atoms with E-state index in [2.05, 4.69) is 20.8 Å². The molecule has 0 aromatic rings. The molecule has 0 N–H and O–H groups in total. The van der Waals surface area contributed by atoms with Crippen LogP contribution in [0.5, 0.6) is 0 Å². The minimum atomic E-state index is 0.0256. The average molecular weight is 168 g/mol. The molecule has 0 spiro atoms. The molecule has 1 saturated carbocycles. The van der Waals surface area contributed by atoms with E-state index < -0.39 is 0 Å². The fourth-order valence-corrected chi connectivity index (χ4v) is 1.79. The van der Waals surface area contributed by atoms with Gasteiger partial charge in [-0.05, 0) is 11.8 Å². The molecule has 1 fully saturated rings. The molecule has 0 saturated heterocycles. The highest BCUT2D eigenvalue weighted by molar-refractivity contribution is 6.02. The summed E-state index contributed by atoms with van der Waals surface area (Å²) in [6.45, 7) is 6.18. The van der Waals surface area contributed by atoms with Gasteiger partial charge in [-0.15, -0.1) is 0 Å². The zero-order chi connectivity index (χ0) is 9.35. The fourth-order valence-electron chi connectivity index (χ4n) is 1.79. The molecule has 0 heterocycles. The largest absolute Gasteiger partial charge is 0.299 e. The zero-order valence-corrected chi connectivity index (χ0v) is 8.02. The monoisotopic (exact) mass is 168 g/mol. The van der Waals surface area contributed by atoms with Crippen LogP contribution in [-0.2, 0) is 9.59 Å². The smallest absolute Gasteiger partial charge is 0.143 e. The molecule has 1 rings (SSSR count). The standard InChI is InChI=1S/C10H16O2/c1-10(2,3)8-5-4-7(11)6-9(8)12/h8H,4-6H2,1-3H3/t8-/m1/s1. The van der Waals surface area contributed by atoms with Gasteiger partial charge in [-0.25, -0.2) is 0 Å². The Bertz CT molecular complexity index is 210. The highest BCUT2D eigenvalue weighted by Crippen LogP contribution is 2.34. The van der Waals surface area contributed by atoms with E-state index in [4.69, 9.17) is 0 Å². The van der Waals surface area contributed by atoms with Crippen molar-refractivity contribution in [1.29, 1.82) is 0 Å². The second kappa shape index (κ2) is 3.00. The molecule has 1 aliphatic rings. The Hall–Kier alpha value is -0.660. The summed E-state index contributed by atoms with van der Waals surface area (Å²) < 4.78 is 0. The maximum absolute atomic E-state index is 11.4. The number of ketones is 2. The average Bonchev–Trinajstić information content (AvgIpc) is 1.83. The third kappa shape index (κ3) is 1.93. The Morgan fingerprint density at radius 1 is 1.25 bits per heavy atom. The van der Waals surface area contributed by atoms with Crippen molar-refractivity contribution in [2.75, 3.05) is 0 Å². The van der Waals surface area contributed by atoms with Crippen molar-refractivity contribution in [3.05, 3.63) is 0 Å². The Balaban J connectivity index is 2.69. The van der Waals surface area contributed by atoms with Gasteiger partial charge in [0.05, 0.1) is 6.42 Å². The SMILES string of the molecule is CC(C)(C)[C@@H]1CCC(=O)CC1=O. The van der Waals surface area contributed by atoms with Crippen molar-refractivity contribution in [3.8, 4) is 0 Å². The van der Waals surface area contributed by atoms with Crippen LogP contribution in [-0.4, -0.2) is 11.6 Å². The van der Waals surface area contributed by atoms with Gasteiger partial charge in [0.2, 0.25) is 0 Å². The topological polar surface area (TPSA) is 34.1 Å². The molecule has 12 heavy (non-hydrogen) atoms. The minimum absolute atomic E-state index is 0.0256. The summed E-state index contributed by atoms with van der Waals surface area (Å²) in [6, 6.07) is 0. The van der Waals surface area contributed by atoms with Crippen LogP contribution in [0.25, 0.3) is 0 Å². The van der Waals surface area contributed by atoms with Crippen molar-refractivity contribution in [2.45, 2.75) is 40.0 Å². The molecule has 2 heteroatoms. The minimum Gasteiger partial charge on any atom is -0.299 e. The van der Waals surface area contributed by atoms with Crippen LogP contribution in [0.3, 0.4) is 0 Å². The van der Waals surface area contributed by atoms with E-state index in [1.165, 1.54) is 0 Å². The maximum Gasteiger partial charge on any atom is 0.143 e. The third-order valence-electron chi connectivity index (χ3n) is 2.52. The molecular weight excluding hydrogens is 152 g/mol. The van der Waals surface area contributed by atoms with Gasteiger partial charge in [0, 0.05) is 12.3 Å². The van der Waals surface area contributed by atoms with Crippen molar-refractivity contribution >= 4 is 11.6 Å². The molecular formula is C10H16O2. The van der Waals surface area contributed by atoms with Gasteiger partial charge in [0.25, 0.3) is 0 Å². The number of carbonyl (C=O) groups excluding carboxylic acids is 2. The van der Waals surface area contributed by atoms with Crippen LogP contribution in [0.4, 0.5) is 0 Å². The summed E-state index contributed by atoms with van der Waals surface area (Å²) in [6.07, 6.45) is 1.51. The van der Waals surface area contributed by atoms with Crippen LogP contribution < -0.4 is 0 Å². The van der Waals surface area contributed by atoms with Gasteiger partial charge in [0.1, 0.15) is 11.6 Å². The van der Waals surface area contributed by atoms with Crippen molar-refractivity contribution in [2.24, 2.45) is 11.3 Å². The number of hydrogen-bond acceptors (Lipinski definition) is 2. The summed E-state index contributed by atoms with van der Waals surface area (Å²) in [4.78, 5) is 22.4. The number of hydrogen-bond donors (Lipinski definition) is 0. The lowest BCUT2D eigenvalue weighted by Crippen LogP contribution is -2.34. The van der Waals surface area contributed by atoms with Crippen LogP contribution in [0.2, 0.25) is 0 Å². The van der Waals surface area contributed by atoms with E-state index in [1.54, 1.807) is 0 Å². The van der Waals surface area contributed by atoms with E-state index >= 15 is 0 Å². The predicted octanol–water partition coefficient (Wildman–Crippen LogP) is 1.97. The lowest BCUT2D eigenvalue weighted by Gasteiger charge is -2.31. The van der Waals surface area contributed by atoms with E-state index in [1.807, 2.05) is 0 Å². The number of carbonyl (C=O) groups is 2. The van der Waals surface area contributed by atoms with Crippen molar-refractivity contribution in [1.82, 2.24) is 0 Å². The Morgan fingerprint density at radius 2 is 1.83 bits per heavy atom. The molecule has 2 nitrogen and oxygen atoms in total. The molecule has 1 aliphatic carbocycles. The normalized spacial score (nSPS) is 26.1. The van der Waals surface area contributed by atoms with Crippen molar-refractivity contribution in [3.63, 3.8) is 0 Å². The lowest BCUT2D eigenvalue weighted by molar-refractivity contribution is -0.135. The highest BCUT2D eigenvalue weighted by atomic mass is 16.1. The molecule has 68 valence electrons. The van der Waals surface area contributed by atoms with Crippen LogP contribution >= 0.6 is 0 Å². The molecule has 0 bridgehead atoms. The van der Waals surface area contributed by atoms with E-state index in [-0.39, 0.29) is 29.3 Å². The van der Waals surface area contributed by atoms with Gasteiger partial charge >= 0.3 is 0 Å². The van der Waals surface area contributed by atoms with E-state index in [0.29, 0.717) is 6.42 Å². The quantitative estimate of drug-likeness (QED) is 0.518. The molecule has 0 aromatic carbocycles. The van der Waals surface area contributed by atoms with Gasteiger partial charge in [-0.3, -0.25) is 9.59 Å². The van der Waals surface area contributed by atoms with Gasteiger partial charge in [-0.1, -0.05) is 20.8 Å². The molecule has 0 radical (unpaired) electrons. The van der Waals surface area contributed by atoms with E-state index in [0.717, 1.165) is 6.42 Å². The second-order valence-corrected chi connectivity index (χ2v) is 4.64. The Kier molecular flexibility index (Phi) is 2.36. The number of Topliss-reactive ketones (excluding diaryl/α,β-unsaturated/α-hetero) is 2. The third-order valence-corrected chi connectivity index (χ3v) is 2.52. The Labute approximate surface area is 73.3 Å². The first-order valence-corrected chi connectivity index (χ1v) is 4.45. The highest BCUT2D eigenvalue weighted by Gasteiger charge is 2.35. The molecule has 0 aromatic heterocycles. The van der Waals surface area contributed by atoms with Crippen molar-refractivity contribution < 1.29 is 9.59 Å². The fraction of sp³-hybridized carbons (Fsp3) is 0.800. The summed E-state index contributed by atoms with van der Waals surface area (Å²) >= 11 is 0. The first-order chi connectivity index (χ1) is 5.41. The summed E-state index contributed by atoms with van der Waals surface area (Å²) in [7, 11) is 0. The molecule has 0 aliphatic heterocycles. The van der Waals surface area contributed by atoms with E-state index in [9.17, 15) is 9.59 Å². The summed E-state index contributed by atoms with van der Waals surface area (Å²) in [5, 5.41) is 0. The van der Waals surface area contributed by atoms with Crippen LogP contribution in [0.1, 0.15) is 40.0 Å². The first-order valence-electron chi connectivity index (χ1n) is 4.45. The molecule has 0 unspecified atom stereocenters. The summed E-state index contributed by atoms with van der Waals surface area (Å²) in [5.74, 6) is 0.342. The second-order valence-electron chi connectivity index (χ2n) is 4.64. The first kappa shape index (κ1) is 9.43. The number of rotatable bonds is 0. The van der Waals surface area contributed by atoms with Crippen LogP contribution in [0, 0.1) is 11.3 Å².